The zero-order valence-corrected chi connectivity index (χ0v) is 11.6. The van der Waals surface area contributed by atoms with Gasteiger partial charge in [0.25, 0.3) is 0 Å². The van der Waals surface area contributed by atoms with Gasteiger partial charge in [-0.1, -0.05) is 0 Å². The van der Waals surface area contributed by atoms with Crippen LogP contribution in [0.15, 0.2) is 22.7 Å². The number of furan rings is 1. The molecule has 0 spiro atoms. The van der Waals surface area contributed by atoms with E-state index in [-0.39, 0.29) is 6.54 Å². The summed E-state index contributed by atoms with van der Waals surface area (Å²) in [6, 6.07) is 3.55. The first-order chi connectivity index (χ1) is 9.77. The van der Waals surface area contributed by atoms with Crippen LogP contribution < -0.4 is 0 Å². The molecule has 0 saturated heterocycles. The molecule has 1 atom stereocenters. The number of aromatic nitrogens is 2. The summed E-state index contributed by atoms with van der Waals surface area (Å²) < 4.78 is 42.4. The van der Waals surface area contributed by atoms with E-state index in [1.807, 2.05) is 0 Å². The van der Waals surface area contributed by atoms with Gasteiger partial charge in [-0.15, -0.1) is 0 Å². The molecule has 5 nitrogen and oxygen atoms in total. The van der Waals surface area contributed by atoms with Crippen LogP contribution in [0.3, 0.4) is 0 Å². The minimum absolute atomic E-state index is 0.207. The van der Waals surface area contributed by atoms with Crippen LogP contribution in [-0.2, 0) is 6.54 Å². The van der Waals surface area contributed by atoms with Crippen molar-refractivity contribution < 1.29 is 22.7 Å². The van der Waals surface area contributed by atoms with Crippen LogP contribution in [-0.4, -0.2) is 46.1 Å². The number of alkyl halides is 3. The number of hydrogen-bond donors (Lipinski definition) is 2. The normalized spacial score (nSPS) is 13.9. The molecular formula is C13H16F3N3O2. The number of likely N-dealkylation sites (N-methyl/N-ethyl adjacent to an activating group) is 1. The van der Waals surface area contributed by atoms with E-state index < -0.39 is 18.8 Å². The third kappa shape index (κ3) is 3.85. The number of nitrogens with zero attached hydrogens (tertiary/aromatic N) is 2. The smallest absolute Gasteiger partial charge is 0.415 e. The number of aromatic amines is 1. The Balaban J connectivity index is 2.06. The second-order valence-electron chi connectivity index (χ2n) is 4.93. The minimum Gasteiger partial charge on any atom is -0.460 e. The molecule has 2 heterocycles. The van der Waals surface area contributed by atoms with E-state index in [9.17, 15) is 13.2 Å². The Bertz CT molecular complexity index is 591. The molecule has 2 N–H and O–H groups in total. The van der Waals surface area contributed by atoms with Crippen molar-refractivity contribution in [2.45, 2.75) is 25.7 Å². The average Bonchev–Trinajstić information content (AvgIpc) is 2.96. The Morgan fingerprint density at radius 2 is 2.14 bits per heavy atom. The molecule has 116 valence electrons. The summed E-state index contributed by atoms with van der Waals surface area (Å²) in [6.07, 6.45) is -5.46. The molecule has 0 aliphatic heterocycles. The molecule has 1 unspecified atom stereocenters. The summed E-state index contributed by atoms with van der Waals surface area (Å²) in [6.45, 7) is 1.50. The number of aryl methyl sites for hydroxylation is 1. The standard InChI is InChI=1S/C13H16F3N3O2/c1-8-3-4-10(21-8)12-9(5-17-18-12)6-19(2)7-11(20)13(14,15)16/h3-5,11,20H,6-7H2,1-2H3,(H,17,18). The van der Waals surface area contributed by atoms with Gasteiger partial charge in [0.15, 0.2) is 11.9 Å². The van der Waals surface area contributed by atoms with Crippen LogP contribution in [0.4, 0.5) is 13.2 Å². The molecule has 8 heteroatoms. The van der Waals surface area contributed by atoms with Crippen LogP contribution in [0.5, 0.6) is 0 Å². The quantitative estimate of drug-likeness (QED) is 0.890. The Morgan fingerprint density at radius 3 is 2.71 bits per heavy atom. The van der Waals surface area contributed by atoms with Crippen molar-refractivity contribution in [3.8, 4) is 11.5 Å². The van der Waals surface area contributed by atoms with Gasteiger partial charge in [0.2, 0.25) is 0 Å². The summed E-state index contributed by atoms with van der Waals surface area (Å²) in [4.78, 5) is 1.38. The maximum absolute atomic E-state index is 12.3. The lowest BCUT2D eigenvalue weighted by molar-refractivity contribution is -0.207. The monoisotopic (exact) mass is 303 g/mol. The highest BCUT2D eigenvalue weighted by Gasteiger charge is 2.38. The number of nitrogens with one attached hydrogen (secondary N) is 1. The van der Waals surface area contributed by atoms with Gasteiger partial charge >= 0.3 is 6.18 Å². The van der Waals surface area contributed by atoms with E-state index in [4.69, 9.17) is 9.52 Å². The van der Waals surface area contributed by atoms with Gasteiger partial charge in [-0.3, -0.25) is 10.00 Å². The first-order valence-electron chi connectivity index (χ1n) is 6.29. The van der Waals surface area contributed by atoms with Gasteiger partial charge in [-0.25, -0.2) is 0 Å². The van der Waals surface area contributed by atoms with E-state index in [2.05, 4.69) is 10.2 Å². The molecule has 0 radical (unpaired) electrons. The molecular weight excluding hydrogens is 287 g/mol. The molecule has 0 aliphatic rings. The van der Waals surface area contributed by atoms with Gasteiger partial charge in [-0.2, -0.15) is 18.3 Å². The van der Waals surface area contributed by atoms with Crippen LogP contribution in [0.25, 0.3) is 11.5 Å². The fraction of sp³-hybridized carbons (Fsp3) is 0.462. The lowest BCUT2D eigenvalue weighted by Gasteiger charge is -2.21. The number of halogens is 3. The van der Waals surface area contributed by atoms with Crippen LogP contribution in [0, 0.1) is 6.92 Å². The molecule has 0 saturated carbocycles. The first-order valence-corrected chi connectivity index (χ1v) is 6.29. The van der Waals surface area contributed by atoms with Crippen molar-refractivity contribution in [3.63, 3.8) is 0 Å². The van der Waals surface area contributed by atoms with Crippen molar-refractivity contribution in [3.05, 3.63) is 29.7 Å². The van der Waals surface area contributed by atoms with E-state index >= 15 is 0 Å². The molecule has 2 aromatic heterocycles. The third-order valence-corrected chi connectivity index (χ3v) is 3.01. The average molecular weight is 303 g/mol. The Kier molecular flexibility index (Phi) is 4.38. The van der Waals surface area contributed by atoms with Crippen molar-refractivity contribution in [1.82, 2.24) is 15.1 Å². The zero-order valence-electron chi connectivity index (χ0n) is 11.6. The van der Waals surface area contributed by atoms with Crippen molar-refractivity contribution in [1.29, 1.82) is 0 Å². The Hall–Kier alpha value is -1.80. The van der Waals surface area contributed by atoms with E-state index in [1.54, 1.807) is 19.1 Å². The number of aliphatic hydroxyl groups is 1. The molecule has 2 aromatic rings. The number of hydrogen-bond acceptors (Lipinski definition) is 4. The predicted octanol–water partition coefficient (Wildman–Crippen LogP) is 2.33. The molecule has 0 amide bonds. The fourth-order valence-corrected chi connectivity index (χ4v) is 1.97. The van der Waals surface area contributed by atoms with E-state index in [1.165, 1.54) is 18.1 Å². The van der Waals surface area contributed by atoms with Crippen molar-refractivity contribution in [2.24, 2.45) is 0 Å². The van der Waals surface area contributed by atoms with Gasteiger partial charge in [0.05, 0.1) is 6.20 Å². The van der Waals surface area contributed by atoms with Gasteiger partial charge in [0, 0.05) is 18.7 Å². The highest BCUT2D eigenvalue weighted by Crippen LogP contribution is 2.25. The fourth-order valence-electron chi connectivity index (χ4n) is 1.97. The maximum atomic E-state index is 12.3. The zero-order chi connectivity index (χ0) is 15.6. The van der Waals surface area contributed by atoms with Crippen LogP contribution >= 0.6 is 0 Å². The number of aliphatic hydroxyl groups excluding tert-OH is 1. The van der Waals surface area contributed by atoms with Crippen molar-refractivity contribution >= 4 is 0 Å². The minimum atomic E-state index is -4.62. The first kappa shape index (κ1) is 15.6. The summed E-state index contributed by atoms with van der Waals surface area (Å²) >= 11 is 0. The van der Waals surface area contributed by atoms with E-state index in [0.717, 1.165) is 5.76 Å². The van der Waals surface area contributed by atoms with Gasteiger partial charge < -0.3 is 9.52 Å². The second kappa shape index (κ2) is 5.90. The highest BCUT2D eigenvalue weighted by molar-refractivity contribution is 5.56. The molecule has 0 aliphatic carbocycles. The largest absolute Gasteiger partial charge is 0.460 e. The van der Waals surface area contributed by atoms with Crippen LogP contribution in [0.1, 0.15) is 11.3 Å². The van der Waals surface area contributed by atoms with Crippen LogP contribution in [0.2, 0.25) is 0 Å². The molecule has 2 rings (SSSR count). The summed E-state index contributed by atoms with van der Waals surface area (Å²) in [5.41, 5.74) is 1.32. The van der Waals surface area contributed by atoms with E-state index in [0.29, 0.717) is 17.0 Å². The lowest BCUT2D eigenvalue weighted by atomic mass is 10.2. The molecule has 0 aromatic carbocycles. The maximum Gasteiger partial charge on any atom is 0.415 e. The lowest BCUT2D eigenvalue weighted by Crippen LogP contribution is -2.39. The molecule has 21 heavy (non-hydrogen) atoms. The highest BCUT2D eigenvalue weighted by atomic mass is 19.4. The number of H-pyrrole nitrogens is 1. The summed E-state index contributed by atoms with van der Waals surface area (Å²) in [5, 5.41) is 15.7. The van der Waals surface area contributed by atoms with Gasteiger partial charge in [0.1, 0.15) is 11.5 Å². The summed E-state index contributed by atoms with van der Waals surface area (Å²) in [7, 11) is 1.50. The van der Waals surface area contributed by atoms with Crippen molar-refractivity contribution in [2.75, 3.05) is 13.6 Å². The SMILES string of the molecule is Cc1ccc(-c2[nH]ncc2CN(C)CC(O)C(F)(F)F)o1. The molecule has 0 bridgehead atoms. The van der Waals surface area contributed by atoms with Gasteiger partial charge in [-0.05, 0) is 26.1 Å². The molecule has 0 fully saturated rings. The predicted molar refractivity (Wildman–Crippen MR) is 69.4 cm³/mol. The summed E-state index contributed by atoms with van der Waals surface area (Å²) in [5.74, 6) is 1.30. The second-order valence-corrected chi connectivity index (χ2v) is 4.93. The third-order valence-electron chi connectivity index (χ3n) is 3.01. The Labute approximate surface area is 119 Å². The number of rotatable bonds is 5. The topological polar surface area (TPSA) is 65.3 Å². The Morgan fingerprint density at radius 1 is 1.43 bits per heavy atom.